The average Bonchev–Trinajstić information content (AvgIpc) is 2.44. The largest absolute Gasteiger partial charge is 0.497 e. The highest BCUT2D eigenvalue weighted by atomic mass is 16.5. The lowest BCUT2D eigenvalue weighted by molar-refractivity contribution is -0.136. The Kier molecular flexibility index (Phi) is 3.09. The van der Waals surface area contributed by atoms with Gasteiger partial charge in [-0.1, -0.05) is 18.6 Å². The van der Waals surface area contributed by atoms with E-state index in [1.54, 1.807) is 7.11 Å². The van der Waals surface area contributed by atoms with Crippen LogP contribution in [-0.2, 0) is 10.2 Å². The maximum atomic E-state index is 12.9. The van der Waals surface area contributed by atoms with Crippen LogP contribution in [-0.4, -0.2) is 37.4 Å². The third-order valence-corrected chi connectivity index (χ3v) is 4.90. The summed E-state index contributed by atoms with van der Waals surface area (Å²) in [6, 6.07) is 8.20. The normalized spacial score (nSPS) is 31.3. The predicted octanol–water partition coefficient (Wildman–Crippen LogP) is 2.39. The quantitative estimate of drug-likeness (QED) is 0.816. The molecule has 1 saturated carbocycles. The number of ether oxygens (including phenoxy) is 1. The van der Waals surface area contributed by atoms with E-state index in [4.69, 9.17) is 4.74 Å². The molecule has 2 fully saturated rings. The molecule has 2 atom stereocenters. The lowest BCUT2D eigenvalue weighted by Gasteiger charge is -2.48. The highest BCUT2D eigenvalue weighted by molar-refractivity contribution is 5.96. The van der Waals surface area contributed by atoms with E-state index in [1.807, 2.05) is 18.2 Å². The van der Waals surface area contributed by atoms with Gasteiger partial charge in [-0.3, -0.25) is 9.69 Å². The van der Waals surface area contributed by atoms with E-state index >= 15 is 0 Å². The molecule has 2 aliphatic rings. The van der Waals surface area contributed by atoms with Crippen molar-refractivity contribution in [2.75, 3.05) is 20.7 Å². The summed E-state index contributed by atoms with van der Waals surface area (Å²) in [7, 11) is 3.75. The number of fused-ring (bicyclic) bond motifs is 2. The number of methoxy groups -OCH3 is 1. The molecule has 1 aliphatic carbocycles. The van der Waals surface area contributed by atoms with E-state index in [0.717, 1.165) is 43.5 Å². The van der Waals surface area contributed by atoms with Gasteiger partial charge >= 0.3 is 0 Å². The van der Waals surface area contributed by atoms with Gasteiger partial charge < -0.3 is 4.74 Å². The van der Waals surface area contributed by atoms with Gasteiger partial charge in [-0.05, 0) is 50.6 Å². The van der Waals surface area contributed by atoms with Crippen LogP contribution in [0.2, 0.25) is 0 Å². The Balaban J connectivity index is 2.03. The van der Waals surface area contributed by atoms with Crippen LogP contribution in [0, 0.1) is 0 Å². The molecule has 0 amide bonds. The molecule has 1 aromatic carbocycles. The molecule has 3 rings (SSSR count). The van der Waals surface area contributed by atoms with Gasteiger partial charge in [0.2, 0.25) is 0 Å². The number of carbonyl (C=O) groups excluding carboxylic acids is 1. The van der Waals surface area contributed by atoms with Crippen molar-refractivity contribution >= 4 is 5.78 Å². The molecule has 0 aromatic heterocycles. The number of piperidine rings is 1. The smallest absolute Gasteiger partial charge is 0.160 e. The number of carbonyl (C=O) groups is 1. The molecule has 3 nitrogen and oxygen atoms in total. The Labute approximate surface area is 114 Å². The number of likely N-dealkylation sites (tertiary alicyclic amines) is 1. The van der Waals surface area contributed by atoms with Crippen molar-refractivity contribution in [2.24, 2.45) is 0 Å². The zero-order chi connectivity index (χ0) is 13.5. The van der Waals surface area contributed by atoms with Crippen molar-refractivity contribution in [3.63, 3.8) is 0 Å². The number of ketones is 1. The maximum absolute atomic E-state index is 12.9. The predicted molar refractivity (Wildman–Crippen MR) is 74.6 cm³/mol. The number of hydrogen-bond acceptors (Lipinski definition) is 3. The van der Waals surface area contributed by atoms with Crippen molar-refractivity contribution in [3.8, 4) is 5.75 Å². The van der Waals surface area contributed by atoms with Gasteiger partial charge in [0, 0.05) is 0 Å². The van der Waals surface area contributed by atoms with Crippen molar-refractivity contribution in [1.82, 2.24) is 4.90 Å². The third-order valence-electron chi connectivity index (χ3n) is 4.90. The Bertz CT molecular complexity index is 499. The van der Waals surface area contributed by atoms with Gasteiger partial charge in [-0.2, -0.15) is 0 Å². The second kappa shape index (κ2) is 4.64. The van der Waals surface area contributed by atoms with E-state index in [9.17, 15) is 4.79 Å². The first kappa shape index (κ1) is 12.7. The Morgan fingerprint density at radius 1 is 1.37 bits per heavy atom. The highest BCUT2D eigenvalue weighted by Crippen LogP contribution is 2.44. The number of benzene rings is 1. The van der Waals surface area contributed by atoms with Crippen LogP contribution >= 0.6 is 0 Å². The fourth-order valence-corrected chi connectivity index (χ4v) is 3.71. The summed E-state index contributed by atoms with van der Waals surface area (Å²) in [5.41, 5.74) is 0.888. The summed E-state index contributed by atoms with van der Waals surface area (Å²) in [4.78, 5) is 15.1. The SMILES string of the molecule is COc1cccc([C@]23CCC[C@H](C2=O)N(C)CC3)c1. The molecular formula is C16H21NO2. The van der Waals surface area contributed by atoms with Crippen LogP contribution in [0.1, 0.15) is 31.2 Å². The average molecular weight is 259 g/mol. The zero-order valence-corrected chi connectivity index (χ0v) is 11.7. The number of rotatable bonds is 2. The van der Waals surface area contributed by atoms with Crippen LogP contribution in [0.5, 0.6) is 5.75 Å². The lowest BCUT2D eigenvalue weighted by Crippen LogP contribution is -2.58. The Morgan fingerprint density at radius 3 is 3.00 bits per heavy atom. The summed E-state index contributed by atoms with van der Waals surface area (Å²) in [5, 5.41) is 0. The molecule has 1 saturated heterocycles. The van der Waals surface area contributed by atoms with E-state index in [0.29, 0.717) is 5.78 Å². The first-order valence-electron chi connectivity index (χ1n) is 7.06. The number of nitrogens with zero attached hydrogens (tertiary/aromatic N) is 1. The molecule has 0 spiro atoms. The second-order valence-electron chi connectivity index (χ2n) is 5.82. The monoisotopic (exact) mass is 259 g/mol. The van der Waals surface area contributed by atoms with E-state index in [-0.39, 0.29) is 11.5 Å². The summed E-state index contributed by atoms with van der Waals surface area (Å²) in [6.45, 7) is 1.01. The molecule has 102 valence electrons. The van der Waals surface area contributed by atoms with Crippen molar-refractivity contribution in [3.05, 3.63) is 29.8 Å². The molecule has 1 aromatic rings. The van der Waals surface area contributed by atoms with E-state index < -0.39 is 0 Å². The van der Waals surface area contributed by atoms with Crippen molar-refractivity contribution in [2.45, 2.75) is 37.1 Å². The molecule has 0 N–H and O–H groups in total. The third kappa shape index (κ3) is 1.88. The number of Topliss-reactive ketones (excluding diaryl/α,β-unsaturated/α-hetero) is 1. The molecule has 0 radical (unpaired) electrons. The Morgan fingerprint density at radius 2 is 2.21 bits per heavy atom. The minimum absolute atomic E-state index is 0.119. The van der Waals surface area contributed by atoms with Gasteiger partial charge in [-0.15, -0.1) is 0 Å². The lowest BCUT2D eigenvalue weighted by atomic mass is 9.62. The number of hydrogen-bond donors (Lipinski definition) is 0. The molecule has 1 aliphatic heterocycles. The minimum atomic E-state index is -0.260. The van der Waals surface area contributed by atoms with Crippen LogP contribution < -0.4 is 4.74 Å². The minimum Gasteiger partial charge on any atom is -0.497 e. The first-order chi connectivity index (χ1) is 9.17. The van der Waals surface area contributed by atoms with Crippen LogP contribution in [0.15, 0.2) is 24.3 Å². The highest BCUT2D eigenvalue weighted by Gasteiger charge is 2.50. The molecular weight excluding hydrogens is 238 g/mol. The molecule has 0 unspecified atom stereocenters. The van der Waals surface area contributed by atoms with Gasteiger partial charge in [0.1, 0.15) is 5.75 Å². The maximum Gasteiger partial charge on any atom is 0.160 e. The van der Waals surface area contributed by atoms with Gasteiger partial charge in [0.15, 0.2) is 5.78 Å². The van der Waals surface area contributed by atoms with Gasteiger partial charge in [0.05, 0.1) is 18.6 Å². The van der Waals surface area contributed by atoms with Crippen LogP contribution in [0.3, 0.4) is 0 Å². The van der Waals surface area contributed by atoms with Gasteiger partial charge in [-0.25, -0.2) is 0 Å². The zero-order valence-electron chi connectivity index (χ0n) is 11.7. The standard InChI is InChI=1S/C16H21NO2/c1-17-10-9-16(8-4-7-14(17)15(16)18)12-5-3-6-13(11-12)19-2/h3,5-6,11,14H,4,7-10H2,1-2H3/t14-,16-/m1/s1. The fourth-order valence-electron chi connectivity index (χ4n) is 3.71. The summed E-state index contributed by atoms with van der Waals surface area (Å²) >= 11 is 0. The van der Waals surface area contributed by atoms with Crippen molar-refractivity contribution < 1.29 is 9.53 Å². The first-order valence-corrected chi connectivity index (χ1v) is 7.06. The van der Waals surface area contributed by atoms with Crippen molar-refractivity contribution in [1.29, 1.82) is 0 Å². The summed E-state index contributed by atoms with van der Waals surface area (Å²) in [6.07, 6.45) is 4.08. The second-order valence-corrected chi connectivity index (χ2v) is 5.82. The number of likely N-dealkylation sites (N-methyl/N-ethyl adjacent to an activating group) is 1. The molecule has 2 bridgehead atoms. The summed E-state index contributed by atoms with van der Waals surface area (Å²) < 4.78 is 5.31. The topological polar surface area (TPSA) is 29.5 Å². The van der Waals surface area contributed by atoms with Crippen LogP contribution in [0.4, 0.5) is 0 Å². The van der Waals surface area contributed by atoms with Gasteiger partial charge in [0.25, 0.3) is 0 Å². The fraction of sp³-hybridized carbons (Fsp3) is 0.562. The molecule has 1 heterocycles. The molecule has 19 heavy (non-hydrogen) atoms. The summed E-state index contributed by atoms with van der Waals surface area (Å²) in [5.74, 6) is 1.27. The van der Waals surface area contributed by atoms with Crippen LogP contribution in [0.25, 0.3) is 0 Å². The van der Waals surface area contributed by atoms with E-state index in [1.165, 1.54) is 0 Å². The van der Waals surface area contributed by atoms with E-state index in [2.05, 4.69) is 18.0 Å². The molecule has 3 heteroatoms. The Hall–Kier alpha value is -1.35.